The van der Waals surface area contributed by atoms with Crippen molar-refractivity contribution in [2.45, 2.75) is 13.8 Å². The highest BCUT2D eigenvalue weighted by atomic mass is 35.5. The van der Waals surface area contributed by atoms with Crippen molar-refractivity contribution in [1.82, 2.24) is 16.2 Å². The number of methoxy groups -OCH3 is 1. The van der Waals surface area contributed by atoms with Gasteiger partial charge in [-0.2, -0.15) is 0 Å². The average molecular weight is 450 g/mol. The summed E-state index contributed by atoms with van der Waals surface area (Å²) in [5.74, 6) is -1.01. The zero-order valence-electron chi connectivity index (χ0n) is 16.5. The molecule has 0 aromatic heterocycles. The quantitative estimate of drug-likeness (QED) is 0.366. The molecule has 2 amide bonds. The van der Waals surface area contributed by atoms with E-state index in [9.17, 15) is 14.4 Å². The predicted octanol–water partition coefficient (Wildman–Crippen LogP) is 2.46. The Labute approximate surface area is 183 Å². The molecular weight excluding hydrogens is 430 g/mol. The molecule has 0 saturated carbocycles. The fourth-order valence-electron chi connectivity index (χ4n) is 2.38. The molecule has 2 aromatic rings. The molecule has 30 heavy (non-hydrogen) atoms. The smallest absolute Gasteiger partial charge is 0.337 e. The van der Waals surface area contributed by atoms with Gasteiger partial charge in [0.1, 0.15) is 5.75 Å². The first-order valence-corrected chi connectivity index (χ1v) is 9.48. The van der Waals surface area contributed by atoms with Crippen molar-refractivity contribution in [2.24, 2.45) is 0 Å². The van der Waals surface area contributed by atoms with Crippen molar-refractivity contribution in [2.75, 3.05) is 13.7 Å². The molecule has 0 saturated heterocycles. The number of esters is 1. The summed E-state index contributed by atoms with van der Waals surface area (Å²) in [6, 6.07) is 9.27. The topological polar surface area (TPSA) is 106 Å². The minimum Gasteiger partial charge on any atom is -0.484 e. The number of nitrogens with one attached hydrogen (secondary N) is 3. The maximum atomic E-state index is 12.1. The standard InChI is InChI=1S/C20H20ClN3O5S/c1-11-8-15(9-12(2)17(11)21)29-10-16(25)23-24-20(30)22-18(26)13-4-6-14(7-5-13)19(27)28-3/h4-9H,10H2,1-3H3,(H,23,25)(H2,22,24,26,30). The number of aryl methyl sites for hydroxylation is 2. The summed E-state index contributed by atoms with van der Waals surface area (Å²) in [5.41, 5.74) is 7.01. The van der Waals surface area contributed by atoms with Gasteiger partial charge in [0.25, 0.3) is 11.8 Å². The highest BCUT2D eigenvalue weighted by Crippen LogP contribution is 2.25. The van der Waals surface area contributed by atoms with Crippen LogP contribution in [-0.4, -0.2) is 36.6 Å². The summed E-state index contributed by atoms with van der Waals surface area (Å²) >= 11 is 11.1. The Hall–Kier alpha value is -3.17. The van der Waals surface area contributed by atoms with E-state index in [0.29, 0.717) is 16.3 Å². The SMILES string of the molecule is COC(=O)c1ccc(C(=O)NC(=S)NNC(=O)COc2cc(C)c(Cl)c(C)c2)cc1. The molecule has 0 radical (unpaired) electrons. The van der Waals surface area contributed by atoms with Gasteiger partial charge in [-0.05, 0) is 73.6 Å². The van der Waals surface area contributed by atoms with E-state index in [2.05, 4.69) is 20.9 Å². The van der Waals surface area contributed by atoms with Gasteiger partial charge < -0.3 is 9.47 Å². The molecule has 0 spiro atoms. The molecule has 0 bridgehead atoms. The monoisotopic (exact) mass is 449 g/mol. The van der Waals surface area contributed by atoms with E-state index in [1.165, 1.54) is 31.4 Å². The molecule has 2 rings (SSSR count). The van der Waals surface area contributed by atoms with E-state index in [-0.39, 0.29) is 17.3 Å². The number of ether oxygens (including phenoxy) is 2. The number of halogens is 1. The van der Waals surface area contributed by atoms with Crippen LogP contribution in [0.4, 0.5) is 0 Å². The van der Waals surface area contributed by atoms with Crippen LogP contribution in [0, 0.1) is 13.8 Å². The Morgan fingerprint density at radius 1 is 1.00 bits per heavy atom. The summed E-state index contributed by atoms with van der Waals surface area (Å²) in [5, 5.41) is 2.94. The van der Waals surface area contributed by atoms with Crippen molar-refractivity contribution in [3.63, 3.8) is 0 Å². The van der Waals surface area contributed by atoms with Gasteiger partial charge in [0, 0.05) is 10.6 Å². The number of carbonyl (C=O) groups is 3. The van der Waals surface area contributed by atoms with Crippen LogP contribution in [0.1, 0.15) is 31.8 Å². The molecule has 0 aliphatic rings. The lowest BCUT2D eigenvalue weighted by Gasteiger charge is -2.12. The van der Waals surface area contributed by atoms with Gasteiger partial charge in [0.2, 0.25) is 0 Å². The second kappa shape index (κ2) is 10.6. The predicted molar refractivity (Wildman–Crippen MR) is 116 cm³/mol. The molecule has 3 N–H and O–H groups in total. The Kier molecular flexibility index (Phi) is 8.14. The summed E-state index contributed by atoms with van der Waals surface area (Å²) in [6.07, 6.45) is 0. The molecule has 0 aliphatic heterocycles. The average Bonchev–Trinajstić information content (AvgIpc) is 2.73. The van der Waals surface area contributed by atoms with Crippen LogP contribution in [-0.2, 0) is 9.53 Å². The minimum absolute atomic E-state index is 0.108. The van der Waals surface area contributed by atoms with Crippen LogP contribution in [0.5, 0.6) is 5.75 Å². The normalized spacial score (nSPS) is 10.0. The van der Waals surface area contributed by atoms with Gasteiger partial charge in [-0.15, -0.1) is 0 Å². The number of hydrogen-bond acceptors (Lipinski definition) is 6. The number of amides is 2. The van der Waals surface area contributed by atoms with Gasteiger partial charge in [-0.3, -0.25) is 25.8 Å². The number of hydrazine groups is 1. The number of rotatable bonds is 5. The molecule has 158 valence electrons. The Morgan fingerprint density at radius 3 is 2.13 bits per heavy atom. The first kappa shape index (κ1) is 23.1. The summed E-state index contributed by atoms with van der Waals surface area (Å²) in [4.78, 5) is 35.5. The second-order valence-corrected chi connectivity index (χ2v) is 6.97. The van der Waals surface area contributed by atoms with Crippen molar-refractivity contribution in [1.29, 1.82) is 0 Å². The number of thiocarbonyl (C=S) groups is 1. The Balaban J connectivity index is 1.79. The van der Waals surface area contributed by atoms with Gasteiger partial charge in [-0.25, -0.2) is 4.79 Å². The molecule has 0 heterocycles. The molecule has 0 atom stereocenters. The van der Waals surface area contributed by atoms with Gasteiger partial charge in [0.05, 0.1) is 12.7 Å². The third-order valence-corrected chi connectivity index (χ3v) is 4.69. The lowest BCUT2D eigenvalue weighted by atomic mass is 10.1. The molecule has 2 aromatic carbocycles. The number of benzene rings is 2. The zero-order chi connectivity index (χ0) is 22.3. The molecule has 10 heteroatoms. The number of hydrogen-bond donors (Lipinski definition) is 3. The lowest BCUT2D eigenvalue weighted by molar-refractivity contribution is -0.123. The maximum absolute atomic E-state index is 12.1. The third kappa shape index (κ3) is 6.43. The number of carbonyl (C=O) groups excluding carboxylic acids is 3. The fourth-order valence-corrected chi connectivity index (χ4v) is 2.64. The van der Waals surface area contributed by atoms with Gasteiger partial charge in [0.15, 0.2) is 11.7 Å². The highest BCUT2D eigenvalue weighted by molar-refractivity contribution is 7.80. The van der Waals surface area contributed by atoms with Crippen molar-refractivity contribution in [3.8, 4) is 5.75 Å². The largest absolute Gasteiger partial charge is 0.484 e. The van der Waals surface area contributed by atoms with Crippen molar-refractivity contribution < 1.29 is 23.9 Å². The molecule has 0 aliphatic carbocycles. The van der Waals surface area contributed by atoms with Gasteiger partial charge >= 0.3 is 5.97 Å². The first-order chi connectivity index (χ1) is 14.2. The van der Waals surface area contributed by atoms with Crippen molar-refractivity contribution in [3.05, 3.63) is 63.7 Å². The summed E-state index contributed by atoms with van der Waals surface area (Å²) < 4.78 is 10.0. The maximum Gasteiger partial charge on any atom is 0.337 e. The molecule has 0 fully saturated rings. The van der Waals surface area contributed by atoms with E-state index in [1.54, 1.807) is 12.1 Å². The third-order valence-electron chi connectivity index (χ3n) is 3.89. The van der Waals surface area contributed by atoms with Crippen molar-refractivity contribution >= 4 is 46.7 Å². The van der Waals surface area contributed by atoms with E-state index >= 15 is 0 Å². The highest BCUT2D eigenvalue weighted by Gasteiger charge is 2.11. The molecule has 8 nitrogen and oxygen atoms in total. The van der Waals surface area contributed by atoms with E-state index in [1.807, 2.05) is 13.8 Å². The fraction of sp³-hybridized carbons (Fsp3) is 0.200. The second-order valence-electron chi connectivity index (χ2n) is 6.19. The lowest BCUT2D eigenvalue weighted by Crippen LogP contribution is -2.49. The van der Waals surface area contributed by atoms with Gasteiger partial charge in [-0.1, -0.05) is 11.6 Å². The van der Waals surface area contributed by atoms with Crippen LogP contribution in [0.3, 0.4) is 0 Å². The van der Waals surface area contributed by atoms with Crippen LogP contribution < -0.4 is 20.9 Å². The van der Waals surface area contributed by atoms with Crippen LogP contribution >= 0.6 is 23.8 Å². The molecular formula is C20H20ClN3O5S. The van der Waals surface area contributed by atoms with E-state index in [0.717, 1.165) is 11.1 Å². The Bertz CT molecular complexity index is 956. The summed E-state index contributed by atoms with van der Waals surface area (Å²) in [7, 11) is 1.27. The van der Waals surface area contributed by atoms with E-state index in [4.69, 9.17) is 28.6 Å². The Morgan fingerprint density at radius 2 is 1.57 bits per heavy atom. The molecule has 0 unspecified atom stereocenters. The first-order valence-electron chi connectivity index (χ1n) is 8.69. The van der Waals surface area contributed by atoms with Crippen LogP contribution in [0.15, 0.2) is 36.4 Å². The minimum atomic E-state index is -0.512. The van der Waals surface area contributed by atoms with E-state index < -0.39 is 17.8 Å². The van der Waals surface area contributed by atoms with Crippen LogP contribution in [0.25, 0.3) is 0 Å². The summed E-state index contributed by atoms with van der Waals surface area (Å²) in [6.45, 7) is 3.42. The zero-order valence-corrected chi connectivity index (χ0v) is 18.1. The van der Waals surface area contributed by atoms with Crippen LogP contribution in [0.2, 0.25) is 5.02 Å².